The highest BCUT2D eigenvalue weighted by Crippen LogP contribution is 2.28. The van der Waals surface area contributed by atoms with E-state index in [0.717, 1.165) is 0 Å². The molecule has 0 spiro atoms. The van der Waals surface area contributed by atoms with Crippen molar-refractivity contribution in [1.29, 1.82) is 0 Å². The summed E-state index contributed by atoms with van der Waals surface area (Å²) >= 11 is 0. The molecule has 0 bridgehead atoms. The van der Waals surface area contributed by atoms with Gasteiger partial charge in [-0.2, -0.15) is 23.4 Å². The zero-order valence-corrected chi connectivity index (χ0v) is 12.9. The highest BCUT2D eigenvalue weighted by molar-refractivity contribution is 5.92. The molecular weight excluding hydrogens is 343 g/mol. The van der Waals surface area contributed by atoms with Crippen LogP contribution in [0, 0.1) is 0 Å². The van der Waals surface area contributed by atoms with E-state index < -0.39 is 23.7 Å². The Bertz CT molecular complexity index is 811. The van der Waals surface area contributed by atoms with E-state index in [0.29, 0.717) is 24.0 Å². The van der Waals surface area contributed by atoms with Crippen LogP contribution in [0.1, 0.15) is 34.0 Å². The number of hydrogen-bond acceptors (Lipinski definition) is 4. The highest BCUT2D eigenvalue weighted by Gasteiger charge is 2.34. The largest absolute Gasteiger partial charge is 0.481 e. The second kappa shape index (κ2) is 6.22. The maximum absolute atomic E-state index is 12.6. The number of fused-ring (bicyclic) bond motifs is 1. The smallest absolute Gasteiger partial charge is 0.432 e. The van der Waals surface area contributed by atoms with Gasteiger partial charge in [0.15, 0.2) is 5.69 Å². The fraction of sp³-hybridized carbons (Fsp3) is 0.429. The maximum atomic E-state index is 12.6. The van der Waals surface area contributed by atoms with Crippen LogP contribution in [-0.2, 0) is 30.5 Å². The molecule has 2 aromatic heterocycles. The van der Waals surface area contributed by atoms with Gasteiger partial charge in [0.05, 0.1) is 30.9 Å². The Morgan fingerprint density at radius 2 is 2.04 bits per heavy atom. The van der Waals surface area contributed by atoms with E-state index in [9.17, 15) is 22.8 Å². The van der Waals surface area contributed by atoms with E-state index >= 15 is 0 Å². The van der Waals surface area contributed by atoms with Crippen molar-refractivity contribution < 1.29 is 27.9 Å². The van der Waals surface area contributed by atoms with E-state index in [-0.39, 0.29) is 31.6 Å². The van der Waals surface area contributed by atoms with Crippen molar-refractivity contribution in [1.82, 2.24) is 24.9 Å². The first kappa shape index (κ1) is 17.0. The van der Waals surface area contributed by atoms with E-state index in [2.05, 4.69) is 10.2 Å². The summed E-state index contributed by atoms with van der Waals surface area (Å²) in [5.74, 6) is -1.53. The Morgan fingerprint density at radius 3 is 2.68 bits per heavy atom. The first-order valence-electron chi connectivity index (χ1n) is 7.43. The average Bonchev–Trinajstić information content (AvgIpc) is 3.17. The molecule has 2 aromatic rings. The fourth-order valence-corrected chi connectivity index (χ4v) is 2.59. The minimum absolute atomic E-state index is 0.0490. The summed E-state index contributed by atoms with van der Waals surface area (Å²) in [7, 11) is 0. The van der Waals surface area contributed by atoms with Gasteiger partial charge < -0.3 is 10.0 Å². The number of aromatic amines is 1. The van der Waals surface area contributed by atoms with Gasteiger partial charge in [-0.05, 0) is 6.07 Å². The van der Waals surface area contributed by atoms with Gasteiger partial charge in [0.2, 0.25) is 0 Å². The number of nitrogens with one attached hydrogen (secondary N) is 1. The molecule has 0 fully saturated rings. The van der Waals surface area contributed by atoms with Crippen LogP contribution in [0.5, 0.6) is 0 Å². The monoisotopic (exact) mass is 357 g/mol. The van der Waals surface area contributed by atoms with Crippen LogP contribution >= 0.6 is 0 Å². The van der Waals surface area contributed by atoms with Gasteiger partial charge in [-0.3, -0.25) is 19.4 Å². The van der Waals surface area contributed by atoms with E-state index in [1.807, 2.05) is 5.10 Å². The predicted octanol–water partition coefficient (Wildman–Crippen LogP) is 1.30. The number of halogens is 3. The number of H-pyrrole nitrogens is 1. The Balaban J connectivity index is 1.70. The molecule has 1 aliphatic rings. The molecule has 134 valence electrons. The van der Waals surface area contributed by atoms with Crippen molar-refractivity contribution >= 4 is 11.9 Å². The lowest BCUT2D eigenvalue weighted by Crippen LogP contribution is -2.38. The SMILES string of the molecule is O=C(O)CCc1cc2n(n1)CCN(C(=O)c1cc(C(F)(F)F)[nH]n1)C2. The minimum atomic E-state index is -4.59. The van der Waals surface area contributed by atoms with Gasteiger partial charge in [-0.25, -0.2) is 0 Å². The zero-order valence-electron chi connectivity index (χ0n) is 12.9. The molecule has 3 rings (SSSR count). The molecule has 0 saturated carbocycles. The summed E-state index contributed by atoms with van der Waals surface area (Å²) < 4.78 is 39.4. The lowest BCUT2D eigenvalue weighted by molar-refractivity contribution is -0.141. The number of alkyl halides is 3. The van der Waals surface area contributed by atoms with Crippen LogP contribution in [0.2, 0.25) is 0 Å². The third kappa shape index (κ3) is 3.64. The molecule has 0 aromatic carbocycles. The Kier molecular flexibility index (Phi) is 4.23. The van der Waals surface area contributed by atoms with Crippen LogP contribution in [0.25, 0.3) is 0 Å². The molecule has 2 N–H and O–H groups in total. The molecular formula is C14H14F3N5O3. The Morgan fingerprint density at radius 1 is 1.28 bits per heavy atom. The summed E-state index contributed by atoms with van der Waals surface area (Å²) in [4.78, 5) is 24.3. The van der Waals surface area contributed by atoms with Gasteiger partial charge in [0.1, 0.15) is 5.69 Å². The molecule has 11 heteroatoms. The Labute approximate surface area is 139 Å². The standard InChI is InChI=1S/C14H14F3N5O3/c15-14(16,17)11-6-10(18-19-11)13(25)21-3-4-22-9(7-21)5-8(20-22)1-2-12(23)24/h5-6H,1-4,7H2,(H,18,19)(H,23,24). The molecule has 8 nitrogen and oxygen atoms in total. The van der Waals surface area contributed by atoms with Gasteiger partial charge in [0, 0.05) is 19.0 Å². The Hall–Kier alpha value is -2.85. The lowest BCUT2D eigenvalue weighted by Gasteiger charge is -2.26. The molecule has 1 amide bonds. The molecule has 0 radical (unpaired) electrons. The number of aromatic nitrogens is 4. The minimum Gasteiger partial charge on any atom is -0.481 e. The lowest BCUT2D eigenvalue weighted by atomic mass is 10.2. The summed E-state index contributed by atoms with van der Waals surface area (Å²) in [6.45, 7) is 0.831. The van der Waals surface area contributed by atoms with E-state index in [1.54, 1.807) is 10.7 Å². The van der Waals surface area contributed by atoms with Gasteiger partial charge in [-0.1, -0.05) is 0 Å². The van der Waals surface area contributed by atoms with Crippen molar-refractivity contribution in [2.75, 3.05) is 6.54 Å². The molecule has 0 unspecified atom stereocenters. The van der Waals surface area contributed by atoms with Crippen LogP contribution in [0.4, 0.5) is 13.2 Å². The molecule has 25 heavy (non-hydrogen) atoms. The third-order valence-electron chi connectivity index (χ3n) is 3.83. The topological polar surface area (TPSA) is 104 Å². The maximum Gasteiger partial charge on any atom is 0.432 e. The van der Waals surface area contributed by atoms with Crippen LogP contribution in [0.15, 0.2) is 12.1 Å². The number of aryl methyl sites for hydroxylation is 1. The molecule has 1 aliphatic heterocycles. The number of carbonyl (C=O) groups excluding carboxylic acids is 1. The van der Waals surface area contributed by atoms with E-state index in [4.69, 9.17) is 5.11 Å². The summed E-state index contributed by atoms with van der Waals surface area (Å²) in [6.07, 6.45) is -4.37. The van der Waals surface area contributed by atoms with Crippen molar-refractivity contribution in [2.45, 2.75) is 32.1 Å². The number of aliphatic carboxylic acids is 1. The van der Waals surface area contributed by atoms with Gasteiger partial charge in [0.25, 0.3) is 5.91 Å². The number of rotatable bonds is 4. The molecule has 0 saturated heterocycles. The number of carboxylic acid groups (broad SMARTS) is 1. The number of hydrogen-bond donors (Lipinski definition) is 2. The van der Waals surface area contributed by atoms with Crippen LogP contribution in [0.3, 0.4) is 0 Å². The number of carboxylic acids is 1. The summed E-state index contributed by atoms with van der Waals surface area (Å²) in [5, 5.41) is 18.2. The van der Waals surface area contributed by atoms with Crippen molar-refractivity contribution in [3.05, 3.63) is 34.9 Å². The van der Waals surface area contributed by atoms with Crippen molar-refractivity contribution in [2.24, 2.45) is 0 Å². The number of carbonyl (C=O) groups is 2. The van der Waals surface area contributed by atoms with Crippen LogP contribution < -0.4 is 0 Å². The van der Waals surface area contributed by atoms with Crippen molar-refractivity contribution in [3.8, 4) is 0 Å². The summed E-state index contributed by atoms with van der Waals surface area (Å²) in [6, 6.07) is 2.39. The molecule has 0 aliphatic carbocycles. The molecule has 3 heterocycles. The van der Waals surface area contributed by atoms with Crippen LogP contribution in [-0.4, -0.2) is 48.4 Å². The number of nitrogens with zero attached hydrogens (tertiary/aromatic N) is 4. The normalized spacial score (nSPS) is 14.4. The quantitative estimate of drug-likeness (QED) is 0.858. The average molecular weight is 357 g/mol. The van der Waals surface area contributed by atoms with Crippen molar-refractivity contribution in [3.63, 3.8) is 0 Å². The number of amides is 1. The predicted molar refractivity (Wildman–Crippen MR) is 76.5 cm³/mol. The highest BCUT2D eigenvalue weighted by atomic mass is 19.4. The third-order valence-corrected chi connectivity index (χ3v) is 3.83. The second-order valence-corrected chi connectivity index (χ2v) is 5.64. The fourth-order valence-electron chi connectivity index (χ4n) is 2.59. The summed E-state index contributed by atoms with van der Waals surface area (Å²) in [5.41, 5.74) is -0.0716. The first-order valence-corrected chi connectivity index (χ1v) is 7.43. The van der Waals surface area contributed by atoms with Gasteiger partial charge >= 0.3 is 12.1 Å². The zero-order chi connectivity index (χ0) is 18.2. The molecule has 0 atom stereocenters. The van der Waals surface area contributed by atoms with E-state index in [1.165, 1.54) is 4.90 Å². The van der Waals surface area contributed by atoms with Gasteiger partial charge in [-0.15, -0.1) is 0 Å². The first-order chi connectivity index (χ1) is 11.7. The second-order valence-electron chi connectivity index (χ2n) is 5.64.